The molecule has 0 saturated carbocycles. The Morgan fingerprint density at radius 1 is 0.375 bits per heavy atom. The first-order valence-corrected chi connectivity index (χ1v) is 18.0. The fraction of sp³-hybridized carbons (Fsp3) is 0. The van der Waals surface area contributed by atoms with Gasteiger partial charge in [-0.3, -0.25) is 0 Å². The van der Waals surface area contributed by atoms with Crippen LogP contribution in [0.3, 0.4) is 0 Å². The number of hydrogen-bond donors (Lipinski definition) is 0. The zero-order chi connectivity index (χ0) is 28.1. The third-order valence-electron chi connectivity index (χ3n) is 5.54. The van der Waals surface area contributed by atoms with Gasteiger partial charge in [-0.25, -0.2) is 0 Å². The van der Waals surface area contributed by atoms with Gasteiger partial charge >= 0.3 is 246 Å². The summed E-state index contributed by atoms with van der Waals surface area (Å²) in [5.74, 6) is -10.3. The molecule has 0 aromatic heterocycles. The van der Waals surface area contributed by atoms with Crippen molar-refractivity contribution in [2.45, 2.75) is 0 Å². The third kappa shape index (κ3) is 6.24. The van der Waals surface area contributed by atoms with Crippen LogP contribution in [0.5, 0.6) is 0 Å². The van der Waals surface area contributed by atoms with Crippen LogP contribution < -0.4 is 5.46 Å². The minimum atomic E-state index is -3.02. The van der Waals surface area contributed by atoms with Gasteiger partial charge < -0.3 is 0 Å². The number of benzene rings is 5. The van der Waals surface area contributed by atoms with E-state index in [1.165, 1.54) is 0 Å². The first kappa shape index (κ1) is 28.7. The Kier molecular flexibility index (Phi) is 9.50. The number of rotatable bonds is 9. The van der Waals surface area contributed by atoms with Gasteiger partial charge in [-0.1, -0.05) is 0 Å². The molecule has 0 unspecified atom stereocenters. The van der Waals surface area contributed by atoms with E-state index < -0.39 is 82.1 Å². The minimum absolute atomic E-state index is 0.759. The summed E-state index contributed by atoms with van der Waals surface area (Å²) < 4.78 is 89.6. The first-order chi connectivity index (χ1) is 19.5. The summed E-state index contributed by atoms with van der Waals surface area (Å²) in [6.07, 6.45) is 0. The van der Waals surface area contributed by atoms with E-state index in [-0.39, 0.29) is 0 Å². The van der Waals surface area contributed by atoms with Gasteiger partial charge in [0, 0.05) is 0 Å². The van der Waals surface area contributed by atoms with E-state index in [9.17, 15) is 13.2 Å². The van der Waals surface area contributed by atoms with Crippen LogP contribution in [0, 0.1) is 43.4 Å². The Labute approximate surface area is 244 Å². The Hall–Kier alpha value is -2.81. The van der Waals surface area contributed by atoms with Gasteiger partial charge in [-0.2, -0.15) is 0 Å². The molecular formula is C30H20BF5I2O2. The SMILES string of the molecule is Fc1c(F)c(F)c(B(OI(c2ccccc2)c2ccccc2)OI(c2ccccc2)c2ccccc2)c(F)c1F. The Bertz CT molecular complexity index is 1370. The Morgan fingerprint density at radius 2 is 0.625 bits per heavy atom. The second kappa shape index (κ2) is 13.2. The van der Waals surface area contributed by atoms with Crippen molar-refractivity contribution in [2.75, 3.05) is 0 Å². The topological polar surface area (TPSA) is 18.5 Å². The van der Waals surface area contributed by atoms with Crippen LogP contribution in [0.15, 0.2) is 121 Å². The van der Waals surface area contributed by atoms with Crippen LogP contribution in [-0.4, -0.2) is 7.12 Å². The third-order valence-corrected chi connectivity index (χ3v) is 14.9. The Balaban J connectivity index is 1.68. The zero-order valence-corrected chi connectivity index (χ0v) is 24.9. The van der Waals surface area contributed by atoms with Gasteiger partial charge in [0.2, 0.25) is 0 Å². The monoisotopic (exact) mass is 772 g/mol. The Morgan fingerprint density at radius 3 is 0.900 bits per heavy atom. The molecule has 10 heteroatoms. The van der Waals surface area contributed by atoms with Crippen molar-refractivity contribution in [1.29, 1.82) is 0 Å². The predicted octanol–water partition coefficient (Wildman–Crippen LogP) is 8.43. The fourth-order valence-electron chi connectivity index (χ4n) is 3.67. The van der Waals surface area contributed by atoms with E-state index in [0.29, 0.717) is 0 Å². The van der Waals surface area contributed by atoms with Crippen LogP contribution in [0.2, 0.25) is 0 Å². The molecule has 0 N–H and O–H groups in total. The quantitative estimate of drug-likeness (QED) is 0.0493. The summed E-state index contributed by atoms with van der Waals surface area (Å²) in [6.45, 7) is 0. The summed E-state index contributed by atoms with van der Waals surface area (Å²) in [5.41, 5.74) is -1.14. The van der Waals surface area contributed by atoms with E-state index in [1.54, 1.807) is 48.5 Å². The van der Waals surface area contributed by atoms with Gasteiger partial charge in [0.15, 0.2) is 0 Å². The fourth-order valence-corrected chi connectivity index (χ4v) is 12.6. The molecule has 0 saturated heterocycles. The van der Waals surface area contributed by atoms with E-state index in [2.05, 4.69) is 0 Å². The van der Waals surface area contributed by atoms with Crippen molar-refractivity contribution in [3.63, 3.8) is 0 Å². The maximum absolute atomic E-state index is 15.3. The normalized spacial score (nSPS) is 11.7. The predicted molar refractivity (Wildman–Crippen MR) is 162 cm³/mol. The molecule has 0 atom stereocenters. The van der Waals surface area contributed by atoms with Gasteiger partial charge in [0.05, 0.1) is 0 Å². The van der Waals surface area contributed by atoms with Crippen LogP contribution in [0.4, 0.5) is 22.0 Å². The van der Waals surface area contributed by atoms with Crippen molar-refractivity contribution < 1.29 is 27.9 Å². The molecule has 0 aliphatic rings. The van der Waals surface area contributed by atoms with E-state index >= 15 is 8.78 Å². The molecule has 204 valence electrons. The summed E-state index contributed by atoms with van der Waals surface area (Å²) >= 11 is -6.03. The van der Waals surface area contributed by atoms with E-state index in [4.69, 9.17) is 5.97 Å². The number of hydrogen-bond acceptors (Lipinski definition) is 2. The maximum atomic E-state index is 15.3. The van der Waals surface area contributed by atoms with Crippen LogP contribution in [0.25, 0.3) is 0 Å². The van der Waals surface area contributed by atoms with Gasteiger partial charge in [0.25, 0.3) is 0 Å². The summed E-state index contributed by atoms with van der Waals surface area (Å²) in [5, 5.41) is 0. The second-order valence-electron chi connectivity index (χ2n) is 8.17. The summed E-state index contributed by atoms with van der Waals surface area (Å²) in [4.78, 5) is 0. The van der Waals surface area contributed by atoms with Crippen LogP contribution >= 0.6 is 40.5 Å². The molecule has 0 aliphatic heterocycles. The number of halogens is 7. The van der Waals surface area contributed by atoms with Gasteiger partial charge in [-0.05, 0) is 0 Å². The molecule has 0 fully saturated rings. The van der Waals surface area contributed by atoms with Gasteiger partial charge in [-0.15, -0.1) is 0 Å². The molecule has 0 bridgehead atoms. The molecule has 5 rings (SSSR count). The molecule has 0 heterocycles. The van der Waals surface area contributed by atoms with E-state index in [0.717, 1.165) is 14.3 Å². The molecule has 5 aromatic carbocycles. The first-order valence-electron chi connectivity index (χ1n) is 11.9. The molecule has 5 aromatic rings. The van der Waals surface area contributed by atoms with Crippen molar-refractivity contribution >= 4 is 53.0 Å². The van der Waals surface area contributed by atoms with Crippen molar-refractivity contribution in [3.8, 4) is 0 Å². The zero-order valence-electron chi connectivity index (χ0n) is 20.6. The molecule has 0 spiro atoms. The average molecular weight is 772 g/mol. The van der Waals surface area contributed by atoms with Crippen LogP contribution in [-0.2, 0) is 5.97 Å². The standard InChI is InChI=1S/C30H20BF5I2O2/c32-26-25(27(33)29(35)30(36)28(26)34)31(39-37(21-13-5-1-6-14-21)22-15-7-2-8-16-22)40-38(23-17-9-3-10-18-23)24-19-11-4-12-20-24/h1-20H. The molecule has 0 radical (unpaired) electrons. The molecule has 2 nitrogen and oxygen atoms in total. The molecule has 0 amide bonds. The van der Waals surface area contributed by atoms with Crippen LogP contribution in [0.1, 0.15) is 0 Å². The van der Waals surface area contributed by atoms with Gasteiger partial charge in [0.1, 0.15) is 0 Å². The van der Waals surface area contributed by atoms with Crippen molar-refractivity contribution in [1.82, 2.24) is 0 Å². The molecule has 0 aliphatic carbocycles. The average Bonchev–Trinajstić information content (AvgIpc) is 3.01. The van der Waals surface area contributed by atoms with Crippen molar-refractivity contribution in [2.24, 2.45) is 0 Å². The summed E-state index contributed by atoms with van der Waals surface area (Å²) in [7, 11) is -1.87. The second-order valence-corrected chi connectivity index (χ2v) is 17.0. The molecule has 40 heavy (non-hydrogen) atoms. The molecular weight excluding hydrogens is 752 g/mol. The summed E-state index contributed by atoms with van der Waals surface area (Å²) in [6, 6.07) is 36.2. The van der Waals surface area contributed by atoms with E-state index in [1.807, 2.05) is 72.8 Å². The van der Waals surface area contributed by atoms with Crippen molar-refractivity contribution in [3.05, 3.63) is 165 Å².